The number of para-hydroxylation sites is 2. The molecule has 0 aromatic heterocycles. The summed E-state index contributed by atoms with van der Waals surface area (Å²) in [6.07, 6.45) is 1.92. The van der Waals surface area contributed by atoms with Crippen molar-refractivity contribution >= 4 is 28.9 Å². The Kier molecular flexibility index (Phi) is 6.75. The number of aryl methyl sites for hydroxylation is 1. The molecule has 0 unspecified atom stereocenters. The van der Waals surface area contributed by atoms with Gasteiger partial charge in [0.05, 0.1) is 22.5 Å². The van der Waals surface area contributed by atoms with Crippen LogP contribution in [0.15, 0.2) is 72.8 Å². The lowest BCUT2D eigenvalue weighted by Crippen LogP contribution is -2.16. The highest BCUT2D eigenvalue weighted by atomic mass is 16.4. The van der Waals surface area contributed by atoms with Crippen LogP contribution < -0.4 is 10.6 Å². The molecule has 3 aromatic carbocycles. The number of aromatic carboxylic acids is 1. The lowest BCUT2D eigenvalue weighted by Gasteiger charge is -2.19. The van der Waals surface area contributed by atoms with Crippen LogP contribution in [0.5, 0.6) is 0 Å². The van der Waals surface area contributed by atoms with Gasteiger partial charge in [0.1, 0.15) is 0 Å². The molecule has 0 spiro atoms. The number of carboxylic acid groups (broad SMARTS) is 1. The maximum Gasteiger partial charge on any atom is 0.337 e. The van der Waals surface area contributed by atoms with E-state index in [-0.39, 0.29) is 22.6 Å². The minimum absolute atomic E-state index is 0.0511. The summed E-state index contributed by atoms with van der Waals surface area (Å²) in [7, 11) is 0. The monoisotopic (exact) mass is 416 g/mol. The van der Waals surface area contributed by atoms with Crippen molar-refractivity contribution in [1.29, 1.82) is 0 Å². The van der Waals surface area contributed by atoms with E-state index in [0.29, 0.717) is 11.3 Å². The number of carbonyl (C=O) groups excluding carboxylic acids is 1. The topological polar surface area (TPSA) is 78.4 Å². The number of carboxylic acids is 1. The molecule has 3 rings (SSSR count). The molecular formula is C26H28N2O3. The minimum atomic E-state index is -1.09. The summed E-state index contributed by atoms with van der Waals surface area (Å²) in [5.74, 6) is -1.45. The van der Waals surface area contributed by atoms with E-state index in [2.05, 4.69) is 31.4 Å². The van der Waals surface area contributed by atoms with Crippen LogP contribution in [0.3, 0.4) is 0 Å². The predicted octanol–water partition coefficient (Wildman–Crippen LogP) is 6.36. The summed E-state index contributed by atoms with van der Waals surface area (Å²) in [4.78, 5) is 24.6. The van der Waals surface area contributed by atoms with E-state index in [4.69, 9.17) is 0 Å². The van der Waals surface area contributed by atoms with Crippen LogP contribution >= 0.6 is 0 Å². The zero-order valence-electron chi connectivity index (χ0n) is 18.1. The fourth-order valence-corrected chi connectivity index (χ4v) is 3.21. The molecule has 0 bridgehead atoms. The molecule has 0 saturated carbocycles. The van der Waals surface area contributed by atoms with E-state index in [9.17, 15) is 14.7 Å². The summed E-state index contributed by atoms with van der Waals surface area (Å²) in [5.41, 5.74) is 3.67. The van der Waals surface area contributed by atoms with E-state index in [0.717, 1.165) is 24.1 Å². The Labute approximate surface area is 183 Å². The molecule has 0 aliphatic carbocycles. The number of nitrogens with one attached hydrogen (secondary N) is 2. The van der Waals surface area contributed by atoms with E-state index in [1.54, 1.807) is 24.3 Å². The fourth-order valence-electron chi connectivity index (χ4n) is 3.21. The molecule has 0 saturated heterocycles. The van der Waals surface area contributed by atoms with Gasteiger partial charge in [-0.15, -0.1) is 0 Å². The van der Waals surface area contributed by atoms with Gasteiger partial charge in [0, 0.05) is 5.69 Å². The van der Waals surface area contributed by atoms with Crippen LogP contribution in [-0.2, 0) is 6.42 Å². The van der Waals surface area contributed by atoms with Crippen LogP contribution in [0.1, 0.15) is 53.5 Å². The maximum absolute atomic E-state index is 13.1. The molecule has 0 aliphatic rings. The third-order valence-corrected chi connectivity index (χ3v) is 4.95. The highest BCUT2D eigenvalue weighted by molar-refractivity contribution is 6.10. The first-order valence-electron chi connectivity index (χ1n) is 10.3. The lowest BCUT2D eigenvalue weighted by atomic mass is 9.88. The molecule has 0 radical (unpaired) electrons. The Hall–Kier alpha value is -3.60. The highest BCUT2D eigenvalue weighted by Gasteiger charge is 2.17. The second-order valence-electron chi connectivity index (χ2n) is 8.74. The van der Waals surface area contributed by atoms with Crippen molar-refractivity contribution in [3.8, 4) is 0 Å². The number of rotatable bonds is 7. The van der Waals surface area contributed by atoms with Gasteiger partial charge in [-0.1, -0.05) is 57.2 Å². The zero-order chi connectivity index (χ0) is 22.4. The average molecular weight is 417 g/mol. The molecule has 31 heavy (non-hydrogen) atoms. The number of anilines is 3. The number of hydrogen-bond donors (Lipinski definition) is 3. The summed E-state index contributed by atoms with van der Waals surface area (Å²) in [5, 5.41) is 15.5. The van der Waals surface area contributed by atoms with Gasteiger partial charge in [0.15, 0.2) is 0 Å². The number of carbonyl (C=O) groups is 2. The SMILES string of the molecule is CC(C)(C)CCc1ccc(C(=O)Nc2ccccc2C(=O)O)c(Nc2ccccc2)c1. The normalized spacial score (nSPS) is 11.1. The summed E-state index contributed by atoms with van der Waals surface area (Å²) >= 11 is 0. The predicted molar refractivity (Wildman–Crippen MR) is 125 cm³/mol. The van der Waals surface area contributed by atoms with Gasteiger partial charge in [-0.25, -0.2) is 4.79 Å². The molecule has 5 nitrogen and oxygen atoms in total. The van der Waals surface area contributed by atoms with Gasteiger partial charge < -0.3 is 15.7 Å². The van der Waals surface area contributed by atoms with Crippen LogP contribution in [0, 0.1) is 5.41 Å². The first kappa shape index (κ1) is 22.1. The third kappa shape index (κ3) is 6.19. The molecule has 160 valence electrons. The van der Waals surface area contributed by atoms with Crippen molar-refractivity contribution in [1.82, 2.24) is 0 Å². The Morgan fingerprint density at radius 2 is 1.52 bits per heavy atom. The smallest absolute Gasteiger partial charge is 0.337 e. The van der Waals surface area contributed by atoms with Crippen molar-refractivity contribution in [2.45, 2.75) is 33.6 Å². The minimum Gasteiger partial charge on any atom is -0.478 e. The van der Waals surface area contributed by atoms with Crippen molar-refractivity contribution in [3.05, 3.63) is 89.5 Å². The highest BCUT2D eigenvalue weighted by Crippen LogP contribution is 2.27. The number of amides is 1. The number of hydrogen-bond acceptors (Lipinski definition) is 3. The van der Waals surface area contributed by atoms with Gasteiger partial charge in [-0.2, -0.15) is 0 Å². The van der Waals surface area contributed by atoms with E-state index < -0.39 is 5.97 Å². The van der Waals surface area contributed by atoms with Crippen LogP contribution in [0.2, 0.25) is 0 Å². The summed E-state index contributed by atoms with van der Waals surface area (Å²) < 4.78 is 0. The van der Waals surface area contributed by atoms with Crippen LogP contribution in [0.4, 0.5) is 17.1 Å². The van der Waals surface area contributed by atoms with Gasteiger partial charge in [0.25, 0.3) is 5.91 Å². The molecule has 5 heteroatoms. The van der Waals surface area contributed by atoms with Crippen LogP contribution in [0.25, 0.3) is 0 Å². The summed E-state index contributed by atoms with van der Waals surface area (Å²) in [6.45, 7) is 6.62. The molecule has 0 aliphatic heterocycles. The fraction of sp³-hybridized carbons (Fsp3) is 0.231. The molecule has 0 heterocycles. The number of benzene rings is 3. The van der Waals surface area contributed by atoms with Gasteiger partial charge in [0.2, 0.25) is 0 Å². The Bertz CT molecular complexity index is 1070. The second-order valence-corrected chi connectivity index (χ2v) is 8.74. The first-order valence-corrected chi connectivity index (χ1v) is 10.3. The second kappa shape index (κ2) is 9.47. The summed E-state index contributed by atoms with van der Waals surface area (Å²) in [6, 6.07) is 21.8. The van der Waals surface area contributed by atoms with E-state index in [1.807, 2.05) is 42.5 Å². The molecular weight excluding hydrogens is 388 g/mol. The Morgan fingerprint density at radius 3 is 2.19 bits per heavy atom. The zero-order valence-corrected chi connectivity index (χ0v) is 18.1. The van der Waals surface area contributed by atoms with Crippen molar-refractivity contribution in [2.75, 3.05) is 10.6 Å². The molecule has 1 amide bonds. The van der Waals surface area contributed by atoms with E-state index in [1.165, 1.54) is 6.07 Å². The first-order chi connectivity index (χ1) is 14.7. The van der Waals surface area contributed by atoms with E-state index >= 15 is 0 Å². The molecule has 0 fully saturated rings. The Morgan fingerprint density at radius 1 is 0.839 bits per heavy atom. The van der Waals surface area contributed by atoms with Crippen molar-refractivity contribution < 1.29 is 14.7 Å². The van der Waals surface area contributed by atoms with Gasteiger partial charge in [-0.3, -0.25) is 4.79 Å². The molecule has 3 N–H and O–H groups in total. The van der Waals surface area contributed by atoms with Crippen LogP contribution in [-0.4, -0.2) is 17.0 Å². The standard InChI is InChI=1S/C26H28N2O3/c1-26(2,3)16-15-18-13-14-20(23(17-18)27-19-9-5-4-6-10-19)24(29)28-22-12-8-7-11-21(22)25(30)31/h4-14,17,27H,15-16H2,1-3H3,(H,28,29)(H,30,31). The van der Waals surface area contributed by atoms with Crippen molar-refractivity contribution in [2.24, 2.45) is 5.41 Å². The van der Waals surface area contributed by atoms with Gasteiger partial charge in [-0.05, 0) is 60.2 Å². The maximum atomic E-state index is 13.1. The van der Waals surface area contributed by atoms with Gasteiger partial charge >= 0.3 is 5.97 Å². The molecule has 0 atom stereocenters. The van der Waals surface area contributed by atoms with Crippen molar-refractivity contribution in [3.63, 3.8) is 0 Å². The lowest BCUT2D eigenvalue weighted by molar-refractivity contribution is 0.0698. The molecule has 3 aromatic rings. The quantitative estimate of drug-likeness (QED) is 0.419. The Balaban J connectivity index is 1.92. The largest absolute Gasteiger partial charge is 0.478 e. The average Bonchev–Trinajstić information content (AvgIpc) is 2.73. The third-order valence-electron chi connectivity index (χ3n) is 4.95.